The van der Waals surface area contributed by atoms with E-state index in [0.717, 1.165) is 0 Å². The highest BCUT2D eigenvalue weighted by atomic mass is 127. The Bertz CT molecular complexity index is 74.9. The van der Waals surface area contributed by atoms with E-state index in [4.69, 9.17) is 0 Å². The molecule has 1 rings (SSSR count). The zero-order valence-corrected chi connectivity index (χ0v) is 7.38. The minimum Gasteiger partial charge on any atom is -0.0928 e. The van der Waals surface area contributed by atoms with Crippen LogP contribution in [0.5, 0.6) is 0 Å². The molecule has 0 saturated carbocycles. The Hall–Kier alpha value is 0.940. The Balaban J connectivity index is 2.77. The Morgan fingerprint density at radius 2 is 1.33 bits per heavy atom. The van der Waals surface area contributed by atoms with Gasteiger partial charge in [0.05, 0.1) is 0 Å². The molecule has 0 aromatic carbocycles. The van der Waals surface area contributed by atoms with Crippen LogP contribution in [-0.2, 0) is 0 Å². The molecule has 34 valence electrons. The van der Waals surface area contributed by atoms with Gasteiger partial charge in [-0.05, 0) is 16.2 Å². The van der Waals surface area contributed by atoms with Crippen molar-refractivity contribution in [3.63, 3.8) is 0 Å². The third-order valence-corrected chi connectivity index (χ3v) is 6.24. The first-order valence-electron chi connectivity index (χ1n) is 1.54. The first kappa shape index (κ1) is 5.08. The van der Waals surface area contributed by atoms with E-state index in [1.165, 1.54) is 0 Å². The molecule has 0 aromatic heterocycles. The second-order valence-corrected chi connectivity index (χ2v) is 5.07. The van der Waals surface area contributed by atoms with Crippen molar-refractivity contribution in [2.24, 2.45) is 0 Å². The van der Waals surface area contributed by atoms with E-state index < -0.39 is 0 Å². The predicted molar refractivity (Wildman–Crippen MR) is 49.3 cm³/mol. The Morgan fingerprint density at radius 1 is 0.833 bits per heavy atom. The summed E-state index contributed by atoms with van der Waals surface area (Å²) in [6.07, 6.45) is 0. The van der Waals surface area contributed by atoms with Crippen molar-refractivity contribution in [1.82, 2.24) is 0 Å². The van der Waals surface area contributed by atoms with E-state index in [0.29, 0.717) is 41.5 Å². The van der Waals surface area contributed by atoms with Crippen LogP contribution in [0.4, 0.5) is 0 Å². The van der Waals surface area contributed by atoms with Gasteiger partial charge in [0.1, 0.15) is 0 Å². The van der Waals surface area contributed by atoms with Crippen LogP contribution in [0, 0.1) is 0 Å². The predicted octanol–water partition coefficient (Wildman–Crippen LogP) is 2.02. The lowest BCUT2D eigenvalue weighted by Crippen LogP contribution is -1.60. The Kier molecular flexibility index (Phi) is 2.55. The molecule has 0 fully saturated rings. The largest absolute Gasteiger partial charge is 0.0928 e. The van der Waals surface area contributed by atoms with Crippen molar-refractivity contribution in [2.75, 3.05) is 0 Å². The second-order valence-electron chi connectivity index (χ2n) is 0.756. The van der Waals surface area contributed by atoms with E-state index >= 15 is 0 Å². The summed E-state index contributed by atoms with van der Waals surface area (Å²) in [6, 6.07) is 0. The molecule has 0 atom stereocenters. The molecule has 0 bridgehead atoms. The summed E-state index contributed by atoms with van der Waals surface area (Å²) in [5, 5.41) is 0. The topological polar surface area (TPSA) is 0 Å². The second kappa shape index (κ2) is 3.01. The van der Waals surface area contributed by atoms with Crippen LogP contribution in [0.3, 0.4) is 0 Å². The molecule has 0 radical (unpaired) electrons. The molecule has 0 aliphatic carbocycles. The average Bonchev–Trinajstić information content (AvgIpc) is 1.72. The van der Waals surface area contributed by atoms with Crippen molar-refractivity contribution < 1.29 is 0 Å². The fourth-order valence-corrected chi connectivity index (χ4v) is 5.51. The Labute approximate surface area is 57.1 Å². The van der Waals surface area contributed by atoms with Gasteiger partial charge in [-0.15, -0.1) is 0 Å². The van der Waals surface area contributed by atoms with Gasteiger partial charge in [-0.1, -0.05) is 41.5 Å². The lowest BCUT2D eigenvalue weighted by Gasteiger charge is -1.75. The third-order valence-electron chi connectivity index (χ3n) is 0.386. The molecular weight excluding hydrogens is 302 g/mol. The minimum absolute atomic E-state index is 0.381. The average molecular weight is 306 g/mol. The normalized spacial score (nSPS) is 18.7. The minimum atomic E-state index is 0.381. The van der Waals surface area contributed by atoms with Gasteiger partial charge >= 0.3 is 0 Å². The van der Waals surface area contributed by atoms with Crippen molar-refractivity contribution in [3.8, 4) is 0 Å². The summed E-state index contributed by atoms with van der Waals surface area (Å²) in [6.45, 7) is 0. The van der Waals surface area contributed by atoms with E-state index in [-0.39, 0.29) is 0 Å². The fourth-order valence-electron chi connectivity index (χ4n) is 0.194. The van der Waals surface area contributed by atoms with E-state index in [2.05, 4.69) is 16.2 Å². The van der Waals surface area contributed by atoms with Crippen LogP contribution in [0.25, 0.3) is 0 Å². The molecule has 0 spiro atoms. The van der Waals surface area contributed by atoms with Crippen LogP contribution in [0.15, 0.2) is 8.17 Å². The monoisotopic (exact) mass is 306 g/mol. The summed E-state index contributed by atoms with van der Waals surface area (Å²) in [4.78, 5) is 0. The van der Waals surface area contributed by atoms with Gasteiger partial charge in [-0.2, -0.15) is 0 Å². The molecule has 0 aromatic rings. The summed E-state index contributed by atoms with van der Waals surface area (Å²) < 4.78 is 9.36. The third kappa shape index (κ3) is 1.59. The SMILES string of the molecule is C1=CI=CC=I1. The molecule has 0 saturated heterocycles. The van der Waals surface area contributed by atoms with Crippen LogP contribution >= 0.6 is 41.5 Å². The van der Waals surface area contributed by atoms with Gasteiger partial charge in [0.15, 0.2) is 0 Å². The number of rotatable bonds is 0. The summed E-state index contributed by atoms with van der Waals surface area (Å²) in [7, 11) is 0. The molecule has 1 aliphatic rings. The summed E-state index contributed by atoms with van der Waals surface area (Å²) in [5.41, 5.74) is 0. The molecule has 2 heteroatoms. The lowest BCUT2D eigenvalue weighted by atomic mass is 11.0. The molecule has 6 heavy (non-hydrogen) atoms. The van der Waals surface area contributed by atoms with Gasteiger partial charge in [0.2, 0.25) is 0 Å². The molecule has 1 heterocycles. The Morgan fingerprint density at radius 3 is 1.50 bits per heavy atom. The van der Waals surface area contributed by atoms with E-state index in [1.807, 2.05) is 0 Å². The zero-order chi connectivity index (χ0) is 4.24. The highest BCUT2D eigenvalue weighted by molar-refractivity contribution is 14.2. The highest BCUT2D eigenvalue weighted by Crippen LogP contribution is 2.08. The lowest BCUT2D eigenvalue weighted by molar-refractivity contribution is 2.71. The van der Waals surface area contributed by atoms with Gasteiger partial charge in [-0.3, -0.25) is 0 Å². The van der Waals surface area contributed by atoms with Gasteiger partial charge in [0, 0.05) is 0 Å². The molecule has 0 nitrogen and oxygen atoms in total. The van der Waals surface area contributed by atoms with Gasteiger partial charge in [0.25, 0.3) is 0 Å². The first-order valence-corrected chi connectivity index (χ1v) is 6.52. The zero-order valence-electron chi connectivity index (χ0n) is 3.07. The van der Waals surface area contributed by atoms with E-state index in [1.54, 1.807) is 0 Å². The number of hydrogen-bond acceptors (Lipinski definition) is 0. The summed E-state index contributed by atoms with van der Waals surface area (Å²) in [5.74, 6) is 0. The molecule has 1 aliphatic heterocycles. The van der Waals surface area contributed by atoms with Crippen molar-refractivity contribution in [1.29, 1.82) is 0 Å². The van der Waals surface area contributed by atoms with Crippen LogP contribution in [0.2, 0.25) is 0 Å². The first-order chi connectivity index (χ1) is 3.00. The van der Waals surface area contributed by atoms with Crippen molar-refractivity contribution >= 4 is 49.5 Å². The van der Waals surface area contributed by atoms with Crippen molar-refractivity contribution in [2.45, 2.75) is 0 Å². The van der Waals surface area contributed by atoms with Gasteiger partial charge < -0.3 is 0 Å². The highest BCUT2D eigenvalue weighted by Gasteiger charge is 1.66. The maximum Gasteiger partial charge on any atom is -0.0230 e. The maximum absolute atomic E-state index is 2.34. The standard InChI is InChI=1S/C4H4I2/c1-2-6-4-3-5-1/h1-4H. The summed E-state index contributed by atoms with van der Waals surface area (Å²) >= 11 is 0.762. The van der Waals surface area contributed by atoms with Crippen LogP contribution in [0.1, 0.15) is 0 Å². The van der Waals surface area contributed by atoms with E-state index in [9.17, 15) is 0 Å². The number of hydrogen-bond donors (Lipinski definition) is 0. The fraction of sp³-hybridized carbons (Fsp3) is 0. The maximum atomic E-state index is 2.34. The smallest absolute Gasteiger partial charge is 0.0230 e. The molecular formula is C4H4I2. The van der Waals surface area contributed by atoms with Crippen LogP contribution in [-0.4, -0.2) is 8.02 Å². The molecule has 0 unspecified atom stereocenters. The van der Waals surface area contributed by atoms with Crippen LogP contribution < -0.4 is 0 Å². The number of halogens is 2. The van der Waals surface area contributed by atoms with Gasteiger partial charge in [-0.25, -0.2) is 0 Å². The molecule has 0 amide bonds. The molecule has 0 N–H and O–H groups in total. The quantitative estimate of drug-likeness (QED) is 0.601. The van der Waals surface area contributed by atoms with Crippen molar-refractivity contribution in [3.05, 3.63) is 8.17 Å².